The summed E-state index contributed by atoms with van der Waals surface area (Å²) in [5, 5.41) is 20.7. The fourth-order valence-corrected chi connectivity index (χ4v) is 6.56. The Morgan fingerprint density at radius 3 is 2.65 bits per heavy atom. The van der Waals surface area contributed by atoms with Gasteiger partial charge in [0.2, 0.25) is 0 Å². The van der Waals surface area contributed by atoms with Gasteiger partial charge in [0.15, 0.2) is 14.5 Å². The Morgan fingerprint density at radius 2 is 2.00 bits per heavy atom. The highest BCUT2D eigenvalue weighted by atomic mass is 28.4. The van der Waals surface area contributed by atoms with Crippen LogP contribution in [0.25, 0.3) is 0 Å². The number of nitrogens with two attached hydrogens (primary N) is 1. The van der Waals surface area contributed by atoms with Gasteiger partial charge in [-0.1, -0.05) is 32.1 Å². The number of aliphatic hydroxyl groups is 2. The van der Waals surface area contributed by atoms with E-state index in [1.54, 1.807) is 0 Å². The van der Waals surface area contributed by atoms with Gasteiger partial charge in [-0.05, 0) is 24.7 Å². The van der Waals surface area contributed by atoms with Gasteiger partial charge >= 0.3 is 5.69 Å². The highest BCUT2D eigenvalue weighted by Gasteiger charge is 2.45. The number of nitrogen functional groups attached to an aromatic ring is 1. The molecule has 0 amide bonds. The zero-order valence-electron chi connectivity index (χ0n) is 15.4. The molecule has 2 aliphatic rings. The van der Waals surface area contributed by atoms with Gasteiger partial charge in [0.1, 0.15) is 24.1 Å². The molecule has 9 heteroatoms. The predicted molar refractivity (Wildman–Crippen MR) is 99.1 cm³/mol. The maximum absolute atomic E-state index is 12.0. The average Bonchev–Trinajstić information content (AvgIpc) is 2.89. The van der Waals surface area contributed by atoms with Gasteiger partial charge < -0.3 is 25.1 Å². The lowest BCUT2D eigenvalue weighted by Gasteiger charge is -2.35. The molecular formula is C17H29N3O5Si. The molecule has 0 aromatic carbocycles. The first kappa shape index (κ1) is 19.5. The highest BCUT2D eigenvalue weighted by Crippen LogP contribution is 2.38. The minimum Gasteiger partial charge on any atom is -0.414 e. The maximum Gasteiger partial charge on any atom is 0.351 e. The Bertz CT molecular complexity index is 677. The summed E-state index contributed by atoms with van der Waals surface area (Å²) in [6.45, 7) is 4.61. The summed E-state index contributed by atoms with van der Waals surface area (Å²) in [7, 11) is -1.91. The number of anilines is 1. The molecule has 1 aromatic heterocycles. The van der Waals surface area contributed by atoms with Gasteiger partial charge in [-0.25, -0.2) is 4.79 Å². The summed E-state index contributed by atoms with van der Waals surface area (Å²) in [6, 6.07) is 1.45. The topological polar surface area (TPSA) is 120 Å². The lowest BCUT2D eigenvalue weighted by Crippen LogP contribution is -2.42. The monoisotopic (exact) mass is 383 g/mol. The molecular weight excluding hydrogens is 354 g/mol. The van der Waals surface area contributed by atoms with Crippen molar-refractivity contribution in [1.29, 1.82) is 0 Å². The molecule has 146 valence electrons. The van der Waals surface area contributed by atoms with E-state index in [0.29, 0.717) is 5.54 Å². The van der Waals surface area contributed by atoms with E-state index in [9.17, 15) is 15.0 Å². The van der Waals surface area contributed by atoms with Crippen LogP contribution in [0.15, 0.2) is 17.1 Å². The molecule has 1 aliphatic heterocycles. The van der Waals surface area contributed by atoms with Crippen LogP contribution in [-0.2, 0) is 9.16 Å². The van der Waals surface area contributed by atoms with Crippen LogP contribution in [0, 0.1) is 0 Å². The summed E-state index contributed by atoms with van der Waals surface area (Å²) >= 11 is 0. The molecule has 2 fully saturated rings. The Kier molecular flexibility index (Phi) is 5.83. The molecule has 4 atom stereocenters. The number of rotatable bonds is 5. The maximum atomic E-state index is 12.0. The van der Waals surface area contributed by atoms with Crippen molar-refractivity contribution in [3.05, 3.63) is 22.7 Å². The molecule has 2 heterocycles. The van der Waals surface area contributed by atoms with Gasteiger partial charge in [-0.3, -0.25) is 4.57 Å². The Morgan fingerprint density at radius 1 is 1.31 bits per heavy atom. The minimum absolute atomic E-state index is 0.0967. The first-order valence-electron chi connectivity index (χ1n) is 9.30. The third-order valence-corrected chi connectivity index (χ3v) is 9.13. The lowest BCUT2D eigenvalue weighted by atomic mass is 10.0. The van der Waals surface area contributed by atoms with Gasteiger partial charge in [-0.2, -0.15) is 4.98 Å². The quantitative estimate of drug-likeness (QED) is 0.649. The van der Waals surface area contributed by atoms with E-state index in [2.05, 4.69) is 18.1 Å². The zero-order chi connectivity index (χ0) is 18.9. The smallest absolute Gasteiger partial charge is 0.351 e. The van der Waals surface area contributed by atoms with Crippen LogP contribution >= 0.6 is 0 Å². The Hall–Kier alpha value is -1.26. The first-order valence-corrected chi connectivity index (χ1v) is 12.3. The van der Waals surface area contributed by atoms with Gasteiger partial charge in [-0.15, -0.1) is 0 Å². The van der Waals surface area contributed by atoms with Crippen molar-refractivity contribution in [2.45, 2.75) is 75.3 Å². The van der Waals surface area contributed by atoms with E-state index in [4.69, 9.17) is 14.9 Å². The molecule has 4 N–H and O–H groups in total. The molecule has 8 nitrogen and oxygen atoms in total. The van der Waals surface area contributed by atoms with Crippen molar-refractivity contribution in [3.63, 3.8) is 0 Å². The molecule has 1 saturated carbocycles. The van der Waals surface area contributed by atoms with E-state index in [-0.39, 0.29) is 12.4 Å². The second kappa shape index (κ2) is 7.77. The first-order chi connectivity index (χ1) is 12.3. The second-order valence-electron chi connectivity index (χ2n) is 7.84. The Balaban J connectivity index is 1.65. The number of aromatic nitrogens is 2. The Labute approximate surface area is 154 Å². The predicted octanol–water partition coefficient (Wildman–Crippen LogP) is 1.00. The van der Waals surface area contributed by atoms with E-state index in [0.717, 1.165) is 4.57 Å². The van der Waals surface area contributed by atoms with Gasteiger partial charge in [0, 0.05) is 6.20 Å². The molecule has 0 spiro atoms. The van der Waals surface area contributed by atoms with Crippen molar-refractivity contribution in [1.82, 2.24) is 9.55 Å². The van der Waals surface area contributed by atoms with Crippen molar-refractivity contribution >= 4 is 14.1 Å². The standard InChI is InChI=1S/C17H29N3O5Si/c1-26(2,11-6-4-3-5-7-11)24-10-12-14(21)15(22)16(25-12)20-9-8-13(18)19-17(20)23/h8-9,11-12,14-16,21-22H,3-7,10H2,1-2H3,(H2,18,19,23). The number of nitrogens with zero attached hydrogens (tertiary/aromatic N) is 2. The number of hydrogen-bond acceptors (Lipinski definition) is 7. The summed E-state index contributed by atoms with van der Waals surface area (Å²) in [6.07, 6.45) is 3.57. The summed E-state index contributed by atoms with van der Waals surface area (Å²) in [4.78, 5) is 15.6. The number of aliphatic hydroxyl groups excluding tert-OH is 2. The number of ether oxygens (including phenoxy) is 1. The molecule has 4 unspecified atom stereocenters. The normalized spacial score (nSPS) is 30.6. The van der Waals surface area contributed by atoms with Crippen LogP contribution < -0.4 is 11.4 Å². The second-order valence-corrected chi connectivity index (χ2v) is 12.1. The molecule has 1 saturated heterocycles. The van der Waals surface area contributed by atoms with Gasteiger partial charge in [0.25, 0.3) is 0 Å². The molecule has 1 aliphatic carbocycles. The lowest BCUT2D eigenvalue weighted by molar-refractivity contribution is -0.0529. The summed E-state index contributed by atoms with van der Waals surface area (Å²) in [5.41, 5.74) is 5.47. The molecule has 3 rings (SSSR count). The highest BCUT2D eigenvalue weighted by molar-refractivity contribution is 6.72. The van der Waals surface area contributed by atoms with Crippen molar-refractivity contribution in [3.8, 4) is 0 Å². The minimum atomic E-state index is -1.91. The average molecular weight is 384 g/mol. The van der Waals surface area contributed by atoms with E-state index >= 15 is 0 Å². The van der Waals surface area contributed by atoms with Crippen LogP contribution in [0.5, 0.6) is 0 Å². The molecule has 1 aromatic rings. The van der Waals surface area contributed by atoms with E-state index in [1.807, 2.05) is 0 Å². The molecule has 0 bridgehead atoms. The van der Waals surface area contributed by atoms with Crippen LogP contribution in [0.3, 0.4) is 0 Å². The number of hydrogen-bond donors (Lipinski definition) is 3. The van der Waals surface area contributed by atoms with Crippen LogP contribution in [0.1, 0.15) is 38.3 Å². The fraction of sp³-hybridized carbons (Fsp3) is 0.765. The van der Waals surface area contributed by atoms with Crippen molar-refractivity contribution in [2.75, 3.05) is 12.3 Å². The third kappa shape index (κ3) is 4.01. The van der Waals surface area contributed by atoms with E-state index in [1.165, 1.54) is 44.4 Å². The molecule has 26 heavy (non-hydrogen) atoms. The zero-order valence-corrected chi connectivity index (χ0v) is 16.4. The summed E-state index contributed by atoms with van der Waals surface area (Å²) in [5.74, 6) is 0.0967. The van der Waals surface area contributed by atoms with Crippen LogP contribution in [0.2, 0.25) is 18.6 Å². The largest absolute Gasteiger partial charge is 0.414 e. The van der Waals surface area contributed by atoms with E-state index < -0.39 is 38.5 Å². The fourth-order valence-electron chi connectivity index (χ4n) is 3.93. The third-order valence-electron chi connectivity index (χ3n) is 5.67. The molecule has 0 radical (unpaired) electrons. The van der Waals surface area contributed by atoms with Crippen LogP contribution in [0.4, 0.5) is 5.82 Å². The van der Waals surface area contributed by atoms with Crippen molar-refractivity contribution < 1.29 is 19.4 Å². The summed E-state index contributed by atoms with van der Waals surface area (Å²) < 4.78 is 13.1. The van der Waals surface area contributed by atoms with Crippen molar-refractivity contribution in [2.24, 2.45) is 0 Å². The van der Waals surface area contributed by atoms with Gasteiger partial charge in [0.05, 0.1) is 6.61 Å². The van der Waals surface area contributed by atoms with Crippen LogP contribution in [-0.4, -0.2) is 53.0 Å². The SMILES string of the molecule is C[Si](C)(OCC1OC(n2ccc(N)nc2=O)C(O)C1O)C1CCCCC1.